The van der Waals surface area contributed by atoms with E-state index in [4.69, 9.17) is 0 Å². The maximum atomic E-state index is 12.4. The predicted molar refractivity (Wildman–Crippen MR) is 79.9 cm³/mol. The molecule has 1 heterocycles. The van der Waals surface area contributed by atoms with E-state index in [1.54, 1.807) is 0 Å². The highest BCUT2D eigenvalue weighted by molar-refractivity contribution is 5.94. The molecule has 0 bridgehead atoms. The molecule has 0 fully saturated rings. The number of ether oxygens (including phenoxy) is 2. The summed E-state index contributed by atoms with van der Waals surface area (Å²) in [5.74, 6) is -1.61. The molecule has 0 saturated heterocycles. The van der Waals surface area contributed by atoms with E-state index >= 15 is 0 Å². The molecule has 2 aromatic rings. The van der Waals surface area contributed by atoms with E-state index in [0.29, 0.717) is 0 Å². The number of nitrogens with zero attached hydrogens (tertiary/aromatic N) is 1. The fourth-order valence-electron chi connectivity index (χ4n) is 1.91. The lowest BCUT2D eigenvalue weighted by Crippen LogP contribution is -2.25. The van der Waals surface area contributed by atoms with Gasteiger partial charge in [0.25, 0.3) is 5.91 Å². The highest BCUT2D eigenvalue weighted by Crippen LogP contribution is 2.26. The van der Waals surface area contributed by atoms with Gasteiger partial charge in [0.1, 0.15) is 11.4 Å². The number of rotatable bonds is 5. The molecule has 9 heteroatoms. The Morgan fingerprint density at radius 1 is 1.16 bits per heavy atom. The van der Waals surface area contributed by atoms with Gasteiger partial charge in [-0.2, -0.15) is 0 Å². The van der Waals surface area contributed by atoms with Crippen molar-refractivity contribution >= 4 is 11.9 Å². The zero-order chi connectivity index (χ0) is 18.4. The number of para-hydroxylation sites is 1. The molecule has 132 valence electrons. The minimum Gasteiger partial charge on any atom is -0.465 e. The van der Waals surface area contributed by atoms with Crippen LogP contribution in [0.2, 0.25) is 0 Å². The third kappa shape index (κ3) is 5.20. The fourth-order valence-corrected chi connectivity index (χ4v) is 1.91. The number of esters is 1. The fraction of sp³-hybridized carbons (Fsp3) is 0.188. The summed E-state index contributed by atoms with van der Waals surface area (Å²) in [6.45, 7) is -0.189. The zero-order valence-electron chi connectivity index (χ0n) is 13.0. The highest BCUT2D eigenvalue weighted by Gasteiger charge is 2.32. The van der Waals surface area contributed by atoms with Crippen LogP contribution in [0.1, 0.15) is 26.4 Å². The number of benzene rings is 1. The number of halogens is 3. The topological polar surface area (TPSA) is 77.5 Å². The second-order valence-electron chi connectivity index (χ2n) is 4.76. The summed E-state index contributed by atoms with van der Waals surface area (Å²) < 4.78 is 45.5. The largest absolute Gasteiger partial charge is 0.573 e. The van der Waals surface area contributed by atoms with Crippen LogP contribution in [-0.2, 0) is 11.3 Å². The Labute approximate surface area is 140 Å². The molecule has 0 radical (unpaired) electrons. The summed E-state index contributed by atoms with van der Waals surface area (Å²) in [4.78, 5) is 27.1. The van der Waals surface area contributed by atoms with Crippen molar-refractivity contribution < 1.29 is 32.2 Å². The van der Waals surface area contributed by atoms with Crippen LogP contribution in [0, 0.1) is 0 Å². The van der Waals surface area contributed by atoms with Gasteiger partial charge in [-0.3, -0.25) is 9.78 Å². The van der Waals surface area contributed by atoms with Crippen LogP contribution < -0.4 is 10.1 Å². The molecule has 6 nitrogen and oxygen atoms in total. The molecule has 1 N–H and O–H groups in total. The standard InChI is InChI=1S/C16H13F3N2O4/c1-24-15(23)11-6-7-12(20-9-11)14(22)21-8-10-4-2-3-5-13(10)25-16(17,18)19/h2-7,9H,8H2,1H3,(H,21,22). The molecule has 0 unspecified atom stereocenters. The lowest BCUT2D eigenvalue weighted by molar-refractivity contribution is -0.274. The van der Waals surface area contributed by atoms with Crippen LogP contribution >= 0.6 is 0 Å². The predicted octanol–water partition coefficient (Wildman–Crippen LogP) is 2.70. The van der Waals surface area contributed by atoms with E-state index in [1.165, 1.54) is 43.6 Å². The lowest BCUT2D eigenvalue weighted by Gasteiger charge is -2.13. The quantitative estimate of drug-likeness (QED) is 0.836. The third-order valence-electron chi connectivity index (χ3n) is 3.05. The van der Waals surface area contributed by atoms with Crippen molar-refractivity contribution in [3.05, 3.63) is 59.4 Å². The number of amides is 1. The van der Waals surface area contributed by atoms with Gasteiger partial charge in [-0.05, 0) is 18.2 Å². The maximum absolute atomic E-state index is 12.4. The van der Waals surface area contributed by atoms with Crippen LogP contribution in [0.25, 0.3) is 0 Å². The average Bonchev–Trinajstić information content (AvgIpc) is 2.59. The molecular weight excluding hydrogens is 341 g/mol. The van der Waals surface area contributed by atoms with Gasteiger partial charge in [0.05, 0.1) is 12.7 Å². The van der Waals surface area contributed by atoms with Gasteiger partial charge in [0.2, 0.25) is 0 Å². The van der Waals surface area contributed by atoms with E-state index in [0.717, 1.165) is 6.07 Å². The zero-order valence-corrected chi connectivity index (χ0v) is 13.0. The molecule has 1 aromatic heterocycles. The summed E-state index contributed by atoms with van der Waals surface area (Å²) >= 11 is 0. The molecule has 0 saturated carbocycles. The van der Waals surface area contributed by atoms with Crippen LogP contribution in [0.15, 0.2) is 42.6 Å². The summed E-state index contributed by atoms with van der Waals surface area (Å²) in [5.41, 5.74) is 0.323. The van der Waals surface area contributed by atoms with Crippen LogP contribution in [0.5, 0.6) is 5.75 Å². The number of carbonyl (C=O) groups is 2. The van der Waals surface area contributed by atoms with Crippen LogP contribution in [0.3, 0.4) is 0 Å². The minimum atomic E-state index is -4.83. The van der Waals surface area contributed by atoms with Crippen molar-refractivity contribution in [1.29, 1.82) is 0 Å². The third-order valence-corrected chi connectivity index (χ3v) is 3.05. The maximum Gasteiger partial charge on any atom is 0.573 e. The van der Waals surface area contributed by atoms with Gasteiger partial charge in [-0.1, -0.05) is 18.2 Å². The summed E-state index contributed by atoms with van der Waals surface area (Å²) in [6.07, 6.45) is -3.66. The van der Waals surface area contributed by atoms with E-state index in [9.17, 15) is 22.8 Å². The van der Waals surface area contributed by atoms with Crippen LogP contribution in [-0.4, -0.2) is 30.3 Å². The molecular formula is C16H13F3N2O4. The first-order valence-electron chi connectivity index (χ1n) is 6.96. The summed E-state index contributed by atoms with van der Waals surface area (Å²) in [6, 6.07) is 8.12. The van der Waals surface area contributed by atoms with Crippen molar-refractivity contribution in [2.45, 2.75) is 12.9 Å². The Hall–Kier alpha value is -3.10. The van der Waals surface area contributed by atoms with E-state index in [2.05, 4.69) is 19.8 Å². The van der Waals surface area contributed by atoms with Crippen LogP contribution in [0.4, 0.5) is 13.2 Å². The highest BCUT2D eigenvalue weighted by atomic mass is 19.4. The first-order valence-corrected chi connectivity index (χ1v) is 6.96. The number of carbonyl (C=O) groups excluding carboxylic acids is 2. The molecule has 2 rings (SSSR count). The number of hydrogen-bond donors (Lipinski definition) is 1. The molecule has 0 spiro atoms. The monoisotopic (exact) mass is 354 g/mol. The Morgan fingerprint density at radius 2 is 1.88 bits per heavy atom. The summed E-state index contributed by atoms with van der Waals surface area (Å²) in [5, 5.41) is 2.44. The van der Waals surface area contributed by atoms with Gasteiger partial charge >= 0.3 is 12.3 Å². The smallest absolute Gasteiger partial charge is 0.465 e. The van der Waals surface area contributed by atoms with Crippen molar-refractivity contribution in [3.8, 4) is 5.75 Å². The van der Waals surface area contributed by atoms with E-state index in [-0.39, 0.29) is 23.4 Å². The first-order chi connectivity index (χ1) is 11.8. The Bertz CT molecular complexity index is 761. The Kier molecular flexibility index (Phi) is 5.58. The second-order valence-corrected chi connectivity index (χ2v) is 4.76. The number of methoxy groups -OCH3 is 1. The van der Waals surface area contributed by atoms with Crippen molar-refractivity contribution in [2.24, 2.45) is 0 Å². The molecule has 1 aromatic carbocycles. The van der Waals surface area contributed by atoms with Crippen molar-refractivity contribution in [2.75, 3.05) is 7.11 Å². The molecule has 1 amide bonds. The Balaban J connectivity index is 2.04. The van der Waals surface area contributed by atoms with E-state index < -0.39 is 24.0 Å². The average molecular weight is 354 g/mol. The lowest BCUT2D eigenvalue weighted by atomic mass is 10.2. The molecule has 0 atom stereocenters. The number of alkyl halides is 3. The van der Waals surface area contributed by atoms with Gasteiger partial charge in [-0.25, -0.2) is 4.79 Å². The molecule has 0 aliphatic carbocycles. The first kappa shape index (κ1) is 18.2. The molecule has 0 aliphatic rings. The van der Waals surface area contributed by atoms with Crippen molar-refractivity contribution in [1.82, 2.24) is 10.3 Å². The summed E-state index contributed by atoms with van der Waals surface area (Å²) in [7, 11) is 1.21. The van der Waals surface area contributed by atoms with Gasteiger partial charge in [0, 0.05) is 18.3 Å². The van der Waals surface area contributed by atoms with Gasteiger partial charge in [-0.15, -0.1) is 13.2 Å². The molecule has 25 heavy (non-hydrogen) atoms. The minimum absolute atomic E-state index is 0.00174. The normalized spacial score (nSPS) is 10.9. The van der Waals surface area contributed by atoms with E-state index in [1.807, 2.05) is 0 Å². The van der Waals surface area contributed by atoms with Gasteiger partial charge in [0.15, 0.2) is 0 Å². The van der Waals surface area contributed by atoms with Crippen molar-refractivity contribution in [3.63, 3.8) is 0 Å². The Morgan fingerprint density at radius 3 is 2.48 bits per heavy atom. The number of pyridine rings is 1. The molecule has 0 aliphatic heterocycles. The number of hydrogen-bond acceptors (Lipinski definition) is 5. The SMILES string of the molecule is COC(=O)c1ccc(C(=O)NCc2ccccc2OC(F)(F)F)nc1. The van der Waals surface area contributed by atoms with Gasteiger partial charge < -0.3 is 14.8 Å². The second kappa shape index (κ2) is 7.65. The number of aromatic nitrogens is 1. The number of nitrogens with one attached hydrogen (secondary N) is 1.